The highest BCUT2D eigenvalue weighted by Gasteiger charge is 2.41. The highest BCUT2D eigenvalue weighted by Crippen LogP contribution is 2.36. The number of piperidine rings is 1. The number of nitrogens with zero attached hydrogens (tertiary/aromatic N) is 2. The van der Waals surface area contributed by atoms with Crippen molar-refractivity contribution < 1.29 is 19.1 Å². The van der Waals surface area contributed by atoms with Crippen LogP contribution in [0.3, 0.4) is 0 Å². The van der Waals surface area contributed by atoms with Crippen LogP contribution >= 0.6 is 15.9 Å². The summed E-state index contributed by atoms with van der Waals surface area (Å²) in [6.07, 6.45) is 2.04. The number of carbonyl (C=O) groups is 2. The molecule has 2 aliphatic rings. The Labute approximate surface area is 197 Å². The average Bonchev–Trinajstić information content (AvgIpc) is 2.84. The molecule has 1 atom stereocenters. The standard InChI is InChI=1S/C25H29BrN2O4/c26-22-10-5-4-9-21(22)24(30)28-12-6-11-25(18-28,19-32-20-7-2-1-3-8-20)17-23(29)27-13-15-31-16-14-27/h1-5,7-10H,6,11-19H2/t25-/m0/s1. The lowest BCUT2D eigenvalue weighted by atomic mass is 9.77. The van der Waals surface area contributed by atoms with Crippen molar-refractivity contribution >= 4 is 27.7 Å². The van der Waals surface area contributed by atoms with E-state index in [0.29, 0.717) is 58.0 Å². The van der Waals surface area contributed by atoms with Crippen LogP contribution in [-0.4, -0.2) is 67.6 Å². The van der Waals surface area contributed by atoms with Crippen molar-refractivity contribution in [3.05, 3.63) is 64.6 Å². The molecule has 0 saturated carbocycles. The van der Waals surface area contributed by atoms with Gasteiger partial charge in [-0.05, 0) is 53.0 Å². The second kappa shape index (κ2) is 10.5. The molecule has 0 unspecified atom stereocenters. The number of rotatable bonds is 6. The maximum absolute atomic E-state index is 13.3. The summed E-state index contributed by atoms with van der Waals surface area (Å²) in [5.74, 6) is 0.875. The van der Waals surface area contributed by atoms with Crippen LogP contribution in [0.25, 0.3) is 0 Å². The van der Waals surface area contributed by atoms with Crippen molar-refractivity contribution in [2.45, 2.75) is 19.3 Å². The Morgan fingerprint density at radius 3 is 2.44 bits per heavy atom. The molecular formula is C25H29BrN2O4. The molecule has 2 amide bonds. The molecule has 32 heavy (non-hydrogen) atoms. The minimum absolute atomic E-state index is 0.0138. The van der Waals surface area contributed by atoms with Gasteiger partial charge >= 0.3 is 0 Å². The molecule has 2 heterocycles. The molecule has 2 fully saturated rings. The number of hydrogen-bond acceptors (Lipinski definition) is 4. The van der Waals surface area contributed by atoms with E-state index in [1.807, 2.05) is 64.4 Å². The van der Waals surface area contributed by atoms with Crippen LogP contribution in [-0.2, 0) is 9.53 Å². The van der Waals surface area contributed by atoms with Gasteiger partial charge in [-0.15, -0.1) is 0 Å². The Hall–Kier alpha value is -2.38. The highest BCUT2D eigenvalue weighted by molar-refractivity contribution is 9.10. The number of likely N-dealkylation sites (tertiary alicyclic amines) is 1. The van der Waals surface area contributed by atoms with Gasteiger partial charge < -0.3 is 19.3 Å². The van der Waals surface area contributed by atoms with Gasteiger partial charge in [-0.2, -0.15) is 0 Å². The SMILES string of the molecule is O=C(C[C@@]1(COc2ccccc2)CCCN(C(=O)c2ccccc2Br)C1)N1CCOCC1. The van der Waals surface area contributed by atoms with Crippen LogP contribution in [0.4, 0.5) is 0 Å². The summed E-state index contributed by atoms with van der Waals surface area (Å²) in [6.45, 7) is 3.96. The van der Waals surface area contributed by atoms with Gasteiger partial charge in [0, 0.05) is 42.5 Å². The van der Waals surface area contributed by atoms with E-state index in [0.717, 1.165) is 23.1 Å². The zero-order valence-electron chi connectivity index (χ0n) is 18.2. The summed E-state index contributed by atoms with van der Waals surface area (Å²) in [7, 11) is 0. The number of benzene rings is 2. The van der Waals surface area contributed by atoms with E-state index in [1.165, 1.54) is 0 Å². The maximum atomic E-state index is 13.3. The molecule has 0 spiro atoms. The number of amides is 2. The van der Waals surface area contributed by atoms with Crippen molar-refractivity contribution in [1.29, 1.82) is 0 Å². The number of hydrogen-bond donors (Lipinski definition) is 0. The van der Waals surface area contributed by atoms with E-state index in [4.69, 9.17) is 9.47 Å². The molecule has 0 N–H and O–H groups in total. The summed E-state index contributed by atoms with van der Waals surface area (Å²) in [4.78, 5) is 30.3. The number of halogens is 1. The van der Waals surface area contributed by atoms with Crippen LogP contribution < -0.4 is 4.74 Å². The topological polar surface area (TPSA) is 59.1 Å². The predicted molar refractivity (Wildman–Crippen MR) is 126 cm³/mol. The molecule has 7 heteroatoms. The molecule has 2 saturated heterocycles. The van der Waals surface area contributed by atoms with Crippen molar-refractivity contribution in [2.24, 2.45) is 5.41 Å². The first-order valence-corrected chi connectivity index (χ1v) is 11.9. The smallest absolute Gasteiger partial charge is 0.255 e. The molecule has 0 aromatic heterocycles. The fourth-order valence-electron chi connectivity index (χ4n) is 4.50. The second-order valence-corrected chi connectivity index (χ2v) is 9.44. The lowest BCUT2D eigenvalue weighted by Gasteiger charge is -2.43. The second-order valence-electron chi connectivity index (χ2n) is 8.58. The molecule has 4 rings (SSSR count). The van der Waals surface area contributed by atoms with Gasteiger partial charge in [0.1, 0.15) is 5.75 Å². The third-order valence-electron chi connectivity index (χ3n) is 6.23. The first-order valence-electron chi connectivity index (χ1n) is 11.1. The van der Waals surface area contributed by atoms with E-state index in [-0.39, 0.29) is 11.8 Å². The van der Waals surface area contributed by atoms with Crippen LogP contribution in [0.15, 0.2) is 59.1 Å². The van der Waals surface area contributed by atoms with Gasteiger partial charge in [-0.1, -0.05) is 30.3 Å². The summed E-state index contributed by atoms with van der Waals surface area (Å²) in [6, 6.07) is 17.1. The molecule has 0 aliphatic carbocycles. The van der Waals surface area contributed by atoms with Crippen LogP contribution in [0, 0.1) is 5.41 Å². The molecule has 0 radical (unpaired) electrons. The minimum Gasteiger partial charge on any atom is -0.493 e. The lowest BCUT2D eigenvalue weighted by molar-refractivity contribution is -0.139. The third-order valence-corrected chi connectivity index (χ3v) is 6.92. The monoisotopic (exact) mass is 500 g/mol. The normalized spacial score (nSPS) is 21.3. The third kappa shape index (κ3) is 5.51. The summed E-state index contributed by atoms with van der Waals surface area (Å²) in [5, 5.41) is 0. The van der Waals surface area contributed by atoms with Crippen LogP contribution in [0.2, 0.25) is 0 Å². The number of ether oxygens (including phenoxy) is 2. The summed E-state index contributed by atoms with van der Waals surface area (Å²) in [5.41, 5.74) is 0.215. The number of morpholine rings is 1. The van der Waals surface area contributed by atoms with Crippen molar-refractivity contribution in [3.8, 4) is 5.75 Å². The molecule has 6 nitrogen and oxygen atoms in total. The van der Waals surface area contributed by atoms with Gasteiger partial charge in [0.25, 0.3) is 5.91 Å². The maximum Gasteiger partial charge on any atom is 0.255 e. The van der Waals surface area contributed by atoms with Crippen molar-refractivity contribution in [1.82, 2.24) is 9.80 Å². The Kier molecular flexibility index (Phi) is 7.48. The summed E-state index contributed by atoms with van der Waals surface area (Å²) >= 11 is 3.50. The molecule has 0 bridgehead atoms. The highest BCUT2D eigenvalue weighted by atomic mass is 79.9. The fraction of sp³-hybridized carbons (Fsp3) is 0.440. The quantitative estimate of drug-likeness (QED) is 0.601. The predicted octanol–water partition coefficient (Wildman–Crippen LogP) is 4.00. The van der Waals surface area contributed by atoms with E-state index in [2.05, 4.69) is 15.9 Å². The van der Waals surface area contributed by atoms with Gasteiger partial charge in [0.2, 0.25) is 5.91 Å². The van der Waals surface area contributed by atoms with Gasteiger partial charge in [0.15, 0.2) is 0 Å². The lowest BCUT2D eigenvalue weighted by Crippen LogP contribution is -2.52. The Morgan fingerprint density at radius 2 is 1.69 bits per heavy atom. The average molecular weight is 501 g/mol. The molecule has 2 aromatic carbocycles. The van der Waals surface area contributed by atoms with Gasteiger partial charge in [-0.25, -0.2) is 0 Å². The van der Waals surface area contributed by atoms with Crippen LogP contribution in [0.1, 0.15) is 29.6 Å². The Bertz CT molecular complexity index is 933. The molecular weight excluding hydrogens is 472 g/mol. The van der Waals surface area contributed by atoms with E-state index in [1.54, 1.807) is 0 Å². The first kappa shape index (κ1) is 22.8. The van der Waals surface area contributed by atoms with E-state index < -0.39 is 5.41 Å². The van der Waals surface area contributed by atoms with Crippen molar-refractivity contribution in [3.63, 3.8) is 0 Å². The van der Waals surface area contributed by atoms with Crippen molar-refractivity contribution in [2.75, 3.05) is 46.0 Å². The zero-order valence-corrected chi connectivity index (χ0v) is 19.8. The molecule has 2 aromatic rings. The Morgan fingerprint density at radius 1 is 0.969 bits per heavy atom. The minimum atomic E-state index is -0.430. The zero-order chi connectivity index (χ0) is 22.4. The molecule has 2 aliphatic heterocycles. The summed E-state index contributed by atoms with van der Waals surface area (Å²) < 4.78 is 12.3. The first-order chi connectivity index (χ1) is 15.6. The number of carbonyl (C=O) groups excluding carboxylic acids is 2. The largest absolute Gasteiger partial charge is 0.493 e. The van der Waals surface area contributed by atoms with E-state index >= 15 is 0 Å². The van der Waals surface area contributed by atoms with E-state index in [9.17, 15) is 9.59 Å². The fourth-order valence-corrected chi connectivity index (χ4v) is 4.95. The van der Waals surface area contributed by atoms with Gasteiger partial charge in [-0.3, -0.25) is 9.59 Å². The van der Waals surface area contributed by atoms with Gasteiger partial charge in [0.05, 0.1) is 25.4 Å². The van der Waals surface area contributed by atoms with Crippen LogP contribution in [0.5, 0.6) is 5.75 Å². The Balaban J connectivity index is 1.53. The molecule has 170 valence electrons. The number of para-hydroxylation sites is 1.